The second-order valence-electron chi connectivity index (χ2n) is 6.66. The Morgan fingerprint density at radius 3 is 2.24 bits per heavy atom. The molecule has 8 nitrogen and oxygen atoms in total. The normalized spacial score (nSPS) is 18.3. The fourth-order valence-corrected chi connectivity index (χ4v) is 3.33. The summed E-state index contributed by atoms with van der Waals surface area (Å²) in [4.78, 5) is 50.5. The summed E-state index contributed by atoms with van der Waals surface area (Å²) in [5, 5.41) is 7.30. The highest BCUT2D eigenvalue weighted by molar-refractivity contribution is 6.10. The number of urea groups is 2. The summed E-state index contributed by atoms with van der Waals surface area (Å²) in [5.41, 5.74) is 0.151. The number of hydrogen-bond donors (Lipinski definition) is 3. The Morgan fingerprint density at radius 2 is 1.62 bits per heavy atom. The SMILES string of the molecule is CCNC(=O)NC(=O)CN1C(=O)N[C@@](Cc2ccccc2)(c2ccccc2)C1=O. The number of hydrogen-bond acceptors (Lipinski definition) is 4. The monoisotopic (exact) mass is 394 g/mol. The van der Waals surface area contributed by atoms with Crippen molar-refractivity contribution >= 4 is 23.9 Å². The minimum absolute atomic E-state index is 0.233. The molecular formula is C21H22N4O4. The van der Waals surface area contributed by atoms with Gasteiger partial charge in [-0.25, -0.2) is 9.59 Å². The highest BCUT2D eigenvalue weighted by atomic mass is 16.2. The van der Waals surface area contributed by atoms with Gasteiger partial charge in [0.25, 0.3) is 5.91 Å². The summed E-state index contributed by atoms with van der Waals surface area (Å²) in [7, 11) is 0. The van der Waals surface area contributed by atoms with Crippen LogP contribution in [0.3, 0.4) is 0 Å². The quantitative estimate of drug-likeness (QED) is 0.646. The van der Waals surface area contributed by atoms with Crippen molar-refractivity contribution in [3.63, 3.8) is 0 Å². The van der Waals surface area contributed by atoms with E-state index in [9.17, 15) is 19.2 Å². The number of imide groups is 2. The lowest BCUT2D eigenvalue weighted by atomic mass is 9.83. The minimum Gasteiger partial charge on any atom is -0.338 e. The molecule has 0 spiro atoms. The van der Waals surface area contributed by atoms with E-state index < -0.39 is 36.0 Å². The second kappa shape index (κ2) is 8.55. The lowest BCUT2D eigenvalue weighted by molar-refractivity contribution is -0.135. The zero-order chi connectivity index (χ0) is 20.9. The van der Waals surface area contributed by atoms with Gasteiger partial charge in [0.05, 0.1) is 0 Å². The van der Waals surface area contributed by atoms with Crippen molar-refractivity contribution in [2.24, 2.45) is 0 Å². The molecule has 29 heavy (non-hydrogen) atoms. The Labute approximate surface area is 168 Å². The van der Waals surface area contributed by atoms with Gasteiger partial charge in [-0.3, -0.25) is 19.8 Å². The first kappa shape index (κ1) is 20.1. The van der Waals surface area contributed by atoms with E-state index in [1.807, 2.05) is 36.4 Å². The van der Waals surface area contributed by atoms with E-state index in [1.165, 1.54) is 0 Å². The van der Waals surface area contributed by atoms with Crippen LogP contribution in [0.2, 0.25) is 0 Å². The summed E-state index contributed by atoms with van der Waals surface area (Å²) in [6, 6.07) is 16.9. The molecule has 0 bridgehead atoms. The van der Waals surface area contributed by atoms with Crippen molar-refractivity contribution in [1.29, 1.82) is 0 Å². The molecule has 2 aromatic rings. The third-order valence-corrected chi connectivity index (χ3v) is 4.65. The van der Waals surface area contributed by atoms with E-state index in [1.54, 1.807) is 31.2 Å². The van der Waals surface area contributed by atoms with E-state index in [0.717, 1.165) is 10.5 Å². The van der Waals surface area contributed by atoms with Crippen molar-refractivity contribution in [2.75, 3.05) is 13.1 Å². The summed E-state index contributed by atoms with van der Waals surface area (Å²) < 4.78 is 0. The molecule has 0 aliphatic carbocycles. The first-order valence-electron chi connectivity index (χ1n) is 9.27. The van der Waals surface area contributed by atoms with Crippen LogP contribution in [0.15, 0.2) is 60.7 Å². The molecule has 150 valence electrons. The van der Waals surface area contributed by atoms with Crippen LogP contribution in [0.4, 0.5) is 9.59 Å². The van der Waals surface area contributed by atoms with Crippen LogP contribution >= 0.6 is 0 Å². The van der Waals surface area contributed by atoms with Gasteiger partial charge in [-0.15, -0.1) is 0 Å². The number of rotatable bonds is 6. The van der Waals surface area contributed by atoms with E-state index >= 15 is 0 Å². The van der Waals surface area contributed by atoms with Crippen molar-refractivity contribution in [3.05, 3.63) is 71.8 Å². The average Bonchev–Trinajstić information content (AvgIpc) is 2.94. The predicted octanol–water partition coefficient (Wildman–Crippen LogP) is 1.52. The lowest BCUT2D eigenvalue weighted by Gasteiger charge is -2.27. The van der Waals surface area contributed by atoms with Crippen LogP contribution in [0.1, 0.15) is 18.1 Å². The average molecular weight is 394 g/mol. The maximum absolute atomic E-state index is 13.4. The van der Waals surface area contributed by atoms with Gasteiger partial charge in [-0.1, -0.05) is 60.7 Å². The van der Waals surface area contributed by atoms with Crippen molar-refractivity contribution in [2.45, 2.75) is 18.9 Å². The molecule has 3 rings (SSSR count). The molecule has 1 fully saturated rings. The van der Waals surface area contributed by atoms with E-state index in [0.29, 0.717) is 12.1 Å². The fraction of sp³-hybridized carbons (Fsp3) is 0.238. The smallest absolute Gasteiger partial charge is 0.325 e. The predicted molar refractivity (Wildman–Crippen MR) is 106 cm³/mol. The molecule has 1 aliphatic rings. The molecule has 0 unspecified atom stereocenters. The van der Waals surface area contributed by atoms with Gasteiger partial charge < -0.3 is 10.6 Å². The van der Waals surface area contributed by atoms with Gasteiger partial charge in [-0.05, 0) is 18.1 Å². The van der Waals surface area contributed by atoms with Crippen LogP contribution in [0.5, 0.6) is 0 Å². The van der Waals surface area contributed by atoms with Crippen molar-refractivity contribution < 1.29 is 19.2 Å². The molecular weight excluding hydrogens is 372 g/mol. The Morgan fingerprint density at radius 1 is 1.00 bits per heavy atom. The number of carbonyl (C=O) groups excluding carboxylic acids is 4. The molecule has 1 heterocycles. The molecule has 0 saturated carbocycles. The number of amides is 6. The van der Waals surface area contributed by atoms with Crippen LogP contribution in [-0.4, -0.2) is 41.9 Å². The molecule has 6 amide bonds. The van der Waals surface area contributed by atoms with E-state index in [2.05, 4.69) is 16.0 Å². The summed E-state index contributed by atoms with van der Waals surface area (Å²) >= 11 is 0. The van der Waals surface area contributed by atoms with E-state index in [4.69, 9.17) is 0 Å². The molecule has 0 radical (unpaired) electrons. The molecule has 1 aliphatic heterocycles. The summed E-state index contributed by atoms with van der Waals surface area (Å²) in [6.07, 6.45) is 0.233. The Hall–Kier alpha value is -3.68. The molecule has 1 saturated heterocycles. The number of carbonyl (C=O) groups is 4. The number of nitrogens with zero attached hydrogens (tertiary/aromatic N) is 1. The third kappa shape index (κ3) is 4.26. The van der Waals surface area contributed by atoms with Gasteiger partial charge >= 0.3 is 12.1 Å². The van der Waals surface area contributed by atoms with Gasteiger partial charge in [0.2, 0.25) is 5.91 Å². The molecule has 2 aromatic carbocycles. The molecule has 1 atom stereocenters. The zero-order valence-electron chi connectivity index (χ0n) is 16.0. The molecule has 3 N–H and O–H groups in total. The highest BCUT2D eigenvalue weighted by Gasteiger charge is 2.52. The Balaban J connectivity index is 1.88. The zero-order valence-corrected chi connectivity index (χ0v) is 16.0. The maximum Gasteiger partial charge on any atom is 0.325 e. The van der Waals surface area contributed by atoms with Crippen LogP contribution in [0.25, 0.3) is 0 Å². The second-order valence-corrected chi connectivity index (χ2v) is 6.66. The number of benzene rings is 2. The standard InChI is InChI=1S/C21H22N4O4/c1-2-22-19(28)23-17(26)14-25-18(27)21(24-20(25)29,16-11-7-4-8-12-16)13-15-9-5-3-6-10-15/h3-12H,2,13-14H2,1H3,(H,24,29)(H2,22,23,26,28)/t21-/m0/s1. The Kier molecular flexibility index (Phi) is 5.92. The largest absolute Gasteiger partial charge is 0.338 e. The van der Waals surface area contributed by atoms with Gasteiger partial charge in [0, 0.05) is 13.0 Å². The van der Waals surface area contributed by atoms with Crippen molar-refractivity contribution in [1.82, 2.24) is 20.9 Å². The Bertz CT molecular complexity index is 917. The van der Waals surface area contributed by atoms with Crippen LogP contribution < -0.4 is 16.0 Å². The highest BCUT2D eigenvalue weighted by Crippen LogP contribution is 2.32. The number of nitrogens with one attached hydrogen (secondary N) is 3. The van der Waals surface area contributed by atoms with Crippen LogP contribution in [-0.2, 0) is 21.5 Å². The molecule has 0 aromatic heterocycles. The lowest BCUT2D eigenvalue weighted by Crippen LogP contribution is -2.48. The first-order valence-corrected chi connectivity index (χ1v) is 9.27. The first-order chi connectivity index (χ1) is 14.0. The minimum atomic E-state index is -1.33. The summed E-state index contributed by atoms with van der Waals surface area (Å²) in [6.45, 7) is 1.50. The van der Waals surface area contributed by atoms with E-state index in [-0.39, 0.29) is 6.42 Å². The third-order valence-electron chi connectivity index (χ3n) is 4.65. The van der Waals surface area contributed by atoms with Gasteiger partial charge in [-0.2, -0.15) is 0 Å². The maximum atomic E-state index is 13.4. The van der Waals surface area contributed by atoms with Gasteiger partial charge in [0.15, 0.2) is 5.54 Å². The topological polar surface area (TPSA) is 108 Å². The molecule has 8 heteroatoms. The van der Waals surface area contributed by atoms with Crippen LogP contribution in [0, 0.1) is 0 Å². The van der Waals surface area contributed by atoms with Gasteiger partial charge in [0.1, 0.15) is 6.54 Å². The van der Waals surface area contributed by atoms with Crippen molar-refractivity contribution in [3.8, 4) is 0 Å². The fourth-order valence-electron chi connectivity index (χ4n) is 3.33. The summed E-state index contributed by atoms with van der Waals surface area (Å²) in [5.74, 6) is -1.29.